The molecule has 0 spiro atoms. The third kappa shape index (κ3) is 2.93. The minimum atomic E-state index is 0.333. The second-order valence-electron chi connectivity index (χ2n) is 6.13. The standard InChI is InChI=1S/C22H20O/c1-2-8-17(9-3-1)15-23-16-22-20-12-6-4-10-18(20)14-19-11-5-7-13-21(19)22/h1-13,22H,14-16H2. The summed E-state index contributed by atoms with van der Waals surface area (Å²) < 4.78 is 6.07. The van der Waals surface area contributed by atoms with Crippen molar-refractivity contribution in [2.75, 3.05) is 6.61 Å². The van der Waals surface area contributed by atoms with Gasteiger partial charge in [0.05, 0.1) is 13.2 Å². The van der Waals surface area contributed by atoms with Crippen molar-refractivity contribution < 1.29 is 4.74 Å². The first-order valence-electron chi connectivity index (χ1n) is 8.19. The van der Waals surface area contributed by atoms with Crippen molar-refractivity contribution in [1.29, 1.82) is 0 Å². The van der Waals surface area contributed by atoms with Gasteiger partial charge in [0, 0.05) is 5.92 Å². The third-order valence-electron chi connectivity index (χ3n) is 4.64. The van der Waals surface area contributed by atoms with Gasteiger partial charge in [-0.3, -0.25) is 0 Å². The number of hydrogen-bond donors (Lipinski definition) is 0. The van der Waals surface area contributed by atoms with Crippen LogP contribution in [0.2, 0.25) is 0 Å². The summed E-state index contributed by atoms with van der Waals surface area (Å²) in [5.41, 5.74) is 6.92. The number of hydrogen-bond acceptors (Lipinski definition) is 1. The van der Waals surface area contributed by atoms with Crippen LogP contribution in [0.4, 0.5) is 0 Å². The van der Waals surface area contributed by atoms with E-state index in [1.54, 1.807) is 0 Å². The molecule has 0 radical (unpaired) electrons. The minimum absolute atomic E-state index is 0.333. The first-order valence-corrected chi connectivity index (χ1v) is 8.19. The largest absolute Gasteiger partial charge is 0.376 e. The first kappa shape index (κ1) is 14.2. The zero-order chi connectivity index (χ0) is 15.5. The van der Waals surface area contributed by atoms with E-state index in [9.17, 15) is 0 Å². The zero-order valence-electron chi connectivity index (χ0n) is 13.1. The SMILES string of the molecule is c1ccc(COCC2c3ccccc3Cc3ccccc32)cc1. The van der Waals surface area contributed by atoms with E-state index in [2.05, 4.69) is 72.8 Å². The average molecular weight is 300 g/mol. The maximum atomic E-state index is 6.07. The Kier molecular flexibility index (Phi) is 3.95. The molecule has 1 aliphatic rings. The van der Waals surface area contributed by atoms with Crippen LogP contribution in [0.5, 0.6) is 0 Å². The molecule has 0 saturated carbocycles. The highest BCUT2D eigenvalue weighted by Gasteiger charge is 2.24. The van der Waals surface area contributed by atoms with E-state index in [0.717, 1.165) is 13.0 Å². The fourth-order valence-corrected chi connectivity index (χ4v) is 3.49. The van der Waals surface area contributed by atoms with Crippen molar-refractivity contribution in [3.63, 3.8) is 0 Å². The van der Waals surface area contributed by atoms with Gasteiger partial charge in [-0.05, 0) is 34.2 Å². The van der Waals surface area contributed by atoms with Gasteiger partial charge in [-0.1, -0.05) is 78.9 Å². The van der Waals surface area contributed by atoms with Gasteiger partial charge in [0.2, 0.25) is 0 Å². The fourth-order valence-electron chi connectivity index (χ4n) is 3.49. The number of fused-ring (bicyclic) bond motifs is 2. The van der Waals surface area contributed by atoms with Crippen molar-refractivity contribution in [2.45, 2.75) is 18.9 Å². The minimum Gasteiger partial charge on any atom is -0.376 e. The average Bonchev–Trinajstić information content (AvgIpc) is 2.62. The lowest BCUT2D eigenvalue weighted by Gasteiger charge is -2.28. The molecule has 0 saturated heterocycles. The predicted molar refractivity (Wildman–Crippen MR) is 93.6 cm³/mol. The highest BCUT2D eigenvalue weighted by Crippen LogP contribution is 2.36. The van der Waals surface area contributed by atoms with Crippen LogP contribution < -0.4 is 0 Å². The van der Waals surface area contributed by atoms with Crippen molar-refractivity contribution in [3.8, 4) is 0 Å². The quantitative estimate of drug-likeness (QED) is 0.663. The van der Waals surface area contributed by atoms with E-state index in [1.165, 1.54) is 27.8 Å². The van der Waals surface area contributed by atoms with E-state index in [4.69, 9.17) is 4.74 Å². The molecular formula is C22H20O. The molecular weight excluding hydrogens is 280 g/mol. The molecule has 1 heteroatoms. The summed E-state index contributed by atoms with van der Waals surface area (Å²) in [6.07, 6.45) is 1.03. The van der Waals surface area contributed by atoms with Gasteiger partial charge in [-0.2, -0.15) is 0 Å². The first-order chi connectivity index (χ1) is 11.4. The van der Waals surface area contributed by atoms with Gasteiger partial charge in [-0.25, -0.2) is 0 Å². The van der Waals surface area contributed by atoms with Crippen molar-refractivity contribution in [3.05, 3.63) is 107 Å². The van der Waals surface area contributed by atoms with E-state index in [-0.39, 0.29) is 0 Å². The van der Waals surface area contributed by atoms with Crippen LogP contribution in [0.15, 0.2) is 78.9 Å². The number of benzene rings is 3. The summed E-state index contributed by atoms with van der Waals surface area (Å²) in [6.45, 7) is 1.39. The van der Waals surface area contributed by atoms with E-state index < -0.39 is 0 Å². The van der Waals surface area contributed by atoms with Gasteiger partial charge in [0.25, 0.3) is 0 Å². The molecule has 3 aromatic carbocycles. The van der Waals surface area contributed by atoms with Crippen LogP contribution in [-0.2, 0) is 17.8 Å². The van der Waals surface area contributed by atoms with Crippen molar-refractivity contribution in [2.24, 2.45) is 0 Å². The Morgan fingerprint density at radius 2 is 1.26 bits per heavy atom. The maximum Gasteiger partial charge on any atom is 0.0717 e. The summed E-state index contributed by atoms with van der Waals surface area (Å²) >= 11 is 0. The summed E-state index contributed by atoms with van der Waals surface area (Å²) in [4.78, 5) is 0. The van der Waals surface area contributed by atoms with Gasteiger partial charge < -0.3 is 4.74 Å². The van der Waals surface area contributed by atoms with E-state index in [1.807, 2.05) is 6.07 Å². The van der Waals surface area contributed by atoms with E-state index >= 15 is 0 Å². The molecule has 0 atom stereocenters. The molecule has 0 aliphatic heterocycles. The molecule has 4 rings (SSSR count). The lowest BCUT2D eigenvalue weighted by molar-refractivity contribution is 0.113. The van der Waals surface area contributed by atoms with Crippen molar-refractivity contribution >= 4 is 0 Å². The van der Waals surface area contributed by atoms with Gasteiger partial charge in [-0.15, -0.1) is 0 Å². The normalized spacial score (nSPS) is 13.4. The summed E-state index contributed by atoms with van der Waals surface area (Å²) in [6, 6.07) is 27.9. The molecule has 23 heavy (non-hydrogen) atoms. The summed E-state index contributed by atoms with van der Waals surface area (Å²) in [7, 11) is 0. The smallest absolute Gasteiger partial charge is 0.0717 e. The van der Waals surface area contributed by atoms with Crippen LogP contribution in [0.25, 0.3) is 0 Å². The Labute approximate surface area is 137 Å². The monoisotopic (exact) mass is 300 g/mol. The Morgan fingerprint density at radius 3 is 1.91 bits per heavy atom. The fraction of sp³-hybridized carbons (Fsp3) is 0.182. The Hall–Kier alpha value is -2.38. The maximum absolute atomic E-state index is 6.07. The Morgan fingerprint density at radius 1 is 0.696 bits per heavy atom. The number of ether oxygens (including phenoxy) is 1. The van der Waals surface area contributed by atoms with Gasteiger partial charge in [0.15, 0.2) is 0 Å². The Balaban J connectivity index is 1.57. The molecule has 1 nitrogen and oxygen atoms in total. The highest BCUT2D eigenvalue weighted by molar-refractivity contribution is 5.49. The topological polar surface area (TPSA) is 9.23 Å². The molecule has 0 amide bonds. The second-order valence-corrected chi connectivity index (χ2v) is 6.13. The number of rotatable bonds is 4. The molecule has 3 aromatic rings. The molecule has 0 aromatic heterocycles. The molecule has 1 aliphatic carbocycles. The lowest BCUT2D eigenvalue weighted by atomic mass is 9.78. The van der Waals surface area contributed by atoms with Gasteiger partial charge in [0.1, 0.15) is 0 Å². The third-order valence-corrected chi connectivity index (χ3v) is 4.64. The van der Waals surface area contributed by atoms with Crippen LogP contribution in [0, 0.1) is 0 Å². The molecule has 0 N–H and O–H groups in total. The molecule has 0 bridgehead atoms. The predicted octanol–water partition coefficient (Wildman–Crippen LogP) is 4.94. The van der Waals surface area contributed by atoms with Gasteiger partial charge >= 0.3 is 0 Å². The highest BCUT2D eigenvalue weighted by atomic mass is 16.5. The van der Waals surface area contributed by atoms with Crippen LogP contribution in [-0.4, -0.2) is 6.61 Å². The van der Waals surface area contributed by atoms with Crippen LogP contribution in [0.3, 0.4) is 0 Å². The van der Waals surface area contributed by atoms with Crippen LogP contribution in [0.1, 0.15) is 33.7 Å². The van der Waals surface area contributed by atoms with Crippen molar-refractivity contribution in [1.82, 2.24) is 0 Å². The molecule has 114 valence electrons. The van der Waals surface area contributed by atoms with Crippen LogP contribution >= 0.6 is 0 Å². The lowest BCUT2D eigenvalue weighted by Crippen LogP contribution is -2.18. The zero-order valence-corrected chi connectivity index (χ0v) is 13.1. The second kappa shape index (κ2) is 6.39. The summed E-state index contributed by atoms with van der Waals surface area (Å²) in [5.74, 6) is 0.333. The Bertz CT molecular complexity index is 746. The molecule has 0 fully saturated rings. The molecule has 0 heterocycles. The van der Waals surface area contributed by atoms with E-state index in [0.29, 0.717) is 12.5 Å². The molecule has 0 unspecified atom stereocenters. The summed E-state index contributed by atoms with van der Waals surface area (Å²) in [5, 5.41) is 0.